The number of piperidine rings is 1. The summed E-state index contributed by atoms with van der Waals surface area (Å²) in [5.74, 6) is 0.561. The van der Waals surface area contributed by atoms with Crippen LogP contribution in [0.3, 0.4) is 0 Å². The van der Waals surface area contributed by atoms with E-state index < -0.39 is 5.82 Å². The number of benzene rings is 1. The maximum atomic E-state index is 13.9. The highest BCUT2D eigenvalue weighted by molar-refractivity contribution is 6.36. The predicted octanol–water partition coefficient (Wildman–Crippen LogP) is 3.11. The van der Waals surface area contributed by atoms with Crippen molar-refractivity contribution in [3.05, 3.63) is 57.1 Å². The maximum Gasteiger partial charge on any atom is 0.265 e. The lowest BCUT2D eigenvalue weighted by Crippen LogP contribution is -2.38. The van der Waals surface area contributed by atoms with E-state index in [-0.39, 0.29) is 34.9 Å². The van der Waals surface area contributed by atoms with Gasteiger partial charge in [-0.1, -0.05) is 23.2 Å². The number of nitrogens with two attached hydrogens (primary N) is 1. The Labute approximate surface area is 188 Å². The molecule has 3 heterocycles. The molecule has 11 heteroatoms. The van der Waals surface area contributed by atoms with Crippen LogP contribution in [-0.4, -0.2) is 52.8 Å². The summed E-state index contributed by atoms with van der Waals surface area (Å²) >= 11 is 12.4. The quantitative estimate of drug-likeness (QED) is 0.461. The zero-order valence-electron chi connectivity index (χ0n) is 16.7. The number of hydrogen-bond donors (Lipinski definition) is 3. The number of nitrogens with zero attached hydrogens (tertiary/aromatic N) is 4. The summed E-state index contributed by atoms with van der Waals surface area (Å²) in [6.07, 6.45) is 3.36. The van der Waals surface area contributed by atoms with Crippen molar-refractivity contribution in [3.8, 4) is 0 Å². The lowest BCUT2D eigenvalue weighted by Gasteiger charge is -2.30. The minimum Gasteiger partial charge on any atom is -0.419 e. The van der Waals surface area contributed by atoms with E-state index in [1.165, 1.54) is 18.2 Å². The van der Waals surface area contributed by atoms with Gasteiger partial charge in [0.1, 0.15) is 17.4 Å². The first-order valence-electron chi connectivity index (χ1n) is 9.96. The second-order valence-electron chi connectivity index (χ2n) is 7.42. The predicted molar refractivity (Wildman–Crippen MR) is 117 cm³/mol. The molecule has 31 heavy (non-hydrogen) atoms. The number of nitrogens with one attached hydrogen (secondary N) is 2. The van der Waals surface area contributed by atoms with Crippen LogP contribution in [0.4, 0.5) is 4.39 Å². The molecular weight excluding hydrogens is 444 g/mol. The van der Waals surface area contributed by atoms with Crippen LogP contribution in [0.5, 0.6) is 0 Å². The summed E-state index contributed by atoms with van der Waals surface area (Å²) in [4.78, 5) is 6.12. The fourth-order valence-electron chi connectivity index (χ4n) is 3.66. The second kappa shape index (κ2) is 9.33. The zero-order chi connectivity index (χ0) is 22.0. The van der Waals surface area contributed by atoms with Crippen molar-refractivity contribution >= 4 is 34.7 Å². The molecule has 0 unspecified atom stereocenters. The van der Waals surface area contributed by atoms with Gasteiger partial charge in [-0.05, 0) is 44.1 Å². The van der Waals surface area contributed by atoms with Gasteiger partial charge in [0, 0.05) is 29.6 Å². The largest absolute Gasteiger partial charge is 0.419 e. The van der Waals surface area contributed by atoms with Crippen LogP contribution in [0.2, 0.25) is 10.0 Å². The molecule has 0 amide bonds. The van der Waals surface area contributed by atoms with E-state index in [0.717, 1.165) is 25.9 Å². The van der Waals surface area contributed by atoms with Crippen molar-refractivity contribution in [2.24, 2.45) is 10.7 Å². The molecule has 0 bridgehead atoms. The van der Waals surface area contributed by atoms with Crippen molar-refractivity contribution in [2.45, 2.75) is 25.3 Å². The van der Waals surface area contributed by atoms with Crippen molar-refractivity contribution in [2.75, 3.05) is 26.2 Å². The lowest BCUT2D eigenvalue weighted by atomic mass is 9.98. The molecule has 2 aliphatic heterocycles. The van der Waals surface area contributed by atoms with Crippen LogP contribution in [0.15, 0.2) is 33.3 Å². The summed E-state index contributed by atoms with van der Waals surface area (Å²) in [5, 5.41) is 20.2. The van der Waals surface area contributed by atoms with Crippen molar-refractivity contribution < 1.29 is 8.81 Å². The Bertz CT molecular complexity index is 1050. The third-order valence-corrected chi connectivity index (χ3v) is 6.15. The van der Waals surface area contributed by atoms with Gasteiger partial charge in [0.2, 0.25) is 5.89 Å². The van der Waals surface area contributed by atoms with Gasteiger partial charge in [0.15, 0.2) is 0 Å². The molecule has 4 N–H and O–H groups in total. The monoisotopic (exact) mass is 465 g/mol. The summed E-state index contributed by atoms with van der Waals surface area (Å²) in [7, 11) is 0. The molecule has 8 nitrogen and oxygen atoms in total. The minimum atomic E-state index is -0.547. The smallest absolute Gasteiger partial charge is 0.265 e. The summed E-state index contributed by atoms with van der Waals surface area (Å²) in [6.45, 7) is 2.98. The molecule has 164 valence electrons. The zero-order valence-corrected chi connectivity index (χ0v) is 18.2. The Morgan fingerprint density at radius 1 is 1.32 bits per heavy atom. The molecule has 1 aromatic heterocycles. The fraction of sp³-hybridized carbons (Fsp3) is 0.400. The molecular formula is C20H22Cl2FN7O. The van der Waals surface area contributed by atoms with Crippen LogP contribution in [0.1, 0.15) is 36.1 Å². The van der Waals surface area contributed by atoms with Gasteiger partial charge in [-0.3, -0.25) is 10.4 Å². The first kappa shape index (κ1) is 21.7. The number of aromatic nitrogens is 2. The van der Waals surface area contributed by atoms with Crippen LogP contribution in [0, 0.1) is 11.2 Å². The van der Waals surface area contributed by atoms with Crippen LogP contribution < -0.4 is 11.1 Å². The first-order valence-corrected chi connectivity index (χ1v) is 10.7. The van der Waals surface area contributed by atoms with E-state index >= 15 is 0 Å². The Balaban J connectivity index is 1.57. The number of halogens is 3. The van der Waals surface area contributed by atoms with Gasteiger partial charge < -0.3 is 20.4 Å². The van der Waals surface area contributed by atoms with E-state index in [0.29, 0.717) is 35.3 Å². The van der Waals surface area contributed by atoms with E-state index in [4.69, 9.17) is 38.8 Å². The molecule has 4 rings (SSSR count). The van der Waals surface area contributed by atoms with Crippen molar-refractivity contribution in [1.82, 2.24) is 20.4 Å². The Hall–Kier alpha value is -2.49. The second-order valence-corrected chi connectivity index (χ2v) is 8.21. The first-order chi connectivity index (χ1) is 14.9. The maximum absolute atomic E-state index is 13.9. The highest BCUT2D eigenvalue weighted by Crippen LogP contribution is 2.30. The molecule has 0 atom stereocenters. The average molecular weight is 466 g/mol. The Morgan fingerprint density at radius 3 is 2.87 bits per heavy atom. The highest BCUT2D eigenvalue weighted by atomic mass is 35.5. The van der Waals surface area contributed by atoms with Crippen LogP contribution >= 0.6 is 23.2 Å². The summed E-state index contributed by atoms with van der Waals surface area (Å²) in [5.41, 5.74) is 7.07. The highest BCUT2D eigenvalue weighted by Gasteiger charge is 2.25. The molecule has 1 aromatic carbocycles. The number of hydrogen-bond acceptors (Lipinski definition) is 8. The number of amidine groups is 1. The fourth-order valence-corrected chi connectivity index (χ4v) is 4.15. The summed E-state index contributed by atoms with van der Waals surface area (Å²) < 4.78 is 19.7. The van der Waals surface area contributed by atoms with Gasteiger partial charge in [-0.15, -0.1) is 10.2 Å². The molecule has 1 fully saturated rings. The molecule has 0 radical (unpaired) electrons. The molecule has 1 saturated heterocycles. The molecule has 0 spiro atoms. The normalized spacial score (nSPS) is 19.0. The SMILES string of the molecule is N=C(/C=C1\C(N)=NCCN1Cc1c(Cl)ccc(F)c1Cl)c1nnc(C2CCNCC2)o1. The average Bonchev–Trinajstić information content (AvgIpc) is 3.27. The Kier molecular flexibility index (Phi) is 6.54. The third kappa shape index (κ3) is 4.73. The van der Waals surface area contributed by atoms with E-state index in [9.17, 15) is 4.39 Å². The molecule has 2 aromatic rings. The standard InChI is InChI=1S/C20H22Cl2FN7O/c21-13-1-2-14(23)17(22)12(13)10-30-8-7-27-18(25)16(30)9-15(24)20-29-28-19(31-20)11-3-5-26-6-4-11/h1-2,9,11,24,26H,3-8,10H2,(H2,25,27)/b16-9+,24-15?. The van der Waals surface area contributed by atoms with E-state index in [1.54, 1.807) is 0 Å². The van der Waals surface area contributed by atoms with Gasteiger partial charge in [-0.25, -0.2) is 4.39 Å². The van der Waals surface area contributed by atoms with Crippen LogP contribution in [0.25, 0.3) is 0 Å². The molecule has 0 aliphatic carbocycles. The van der Waals surface area contributed by atoms with Gasteiger partial charge in [0.05, 0.1) is 17.3 Å². The van der Waals surface area contributed by atoms with E-state index in [1.807, 2.05) is 4.90 Å². The van der Waals surface area contributed by atoms with E-state index in [2.05, 4.69) is 20.5 Å². The van der Waals surface area contributed by atoms with Gasteiger partial charge >= 0.3 is 0 Å². The third-order valence-electron chi connectivity index (χ3n) is 5.38. The van der Waals surface area contributed by atoms with Gasteiger partial charge in [-0.2, -0.15) is 0 Å². The van der Waals surface area contributed by atoms with Crippen molar-refractivity contribution in [3.63, 3.8) is 0 Å². The number of allylic oxidation sites excluding steroid dienone is 1. The molecule has 2 aliphatic rings. The number of aliphatic imine (C=N–C) groups is 1. The van der Waals surface area contributed by atoms with Gasteiger partial charge in [0.25, 0.3) is 5.89 Å². The van der Waals surface area contributed by atoms with Crippen molar-refractivity contribution in [1.29, 1.82) is 5.41 Å². The van der Waals surface area contributed by atoms with Crippen LogP contribution in [-0.2, 0) is 6.54 Å². The molecule has 0 saturated carbocycles. The number of rotatable bonds is 5. The lowest BCUT2D eigenvalue weighted by molar-refractivity contribution is 0.352. The minimum absolute atomic E-state index is 0.0178. The summed E-state index contributed by atoms with van der Waals surface area (Å²) in [6, 6.07) is 2.69. The Morgan fingerprint density at radius 2 is 2.10 bits per heavy atom. The topological polar surface area (TPSA) is 116 Å².